The van der Waals surface area contributed by atoms with Crippen molar-refractivity contribution in [3.05, 3.63) is 34.2 Å². The van der Waals surface area contributed by atoms with Crippen molar-refractivity contribution >= 4 is 11.3 Å². The van der Waals surface area contributed by atoms with Gasteiger partial charge in [0.15, 0.2) is 0 Å². The van der Waals surface area contributed by atoms with Crippen molar-refractivity contribution in [2.45, 2.75) is 33.4 Å². The van der Waals surface area contributed by atoms with Crippen LogP contribution in [0, 0.1) is 0 Å². The van der Waals surface area contributed by atoms with Crippen LogP contribution in [0.25, 0.3) is 0 Å². The molecule has 0 radical (unpaired) electrons. The average Bonchev–Trinajstić information content (AvgIpc) is 2.99. The number of thiophene rings is 1. The van der Waals surface area contributed by atoms with Gasteiger partial charge in [-0.3, -0.25) is 4.90 Å². The van der Waals surface area contributed by atoms with E-state index in [2.05, 4.69) is 38.8 Å². The molecule has 0 amide bonds. The Balaban J connectivity index is 1.95. The van der Waals surface area contributed by atoms with Crippen LogP contribution in [0.3, 0.4) is 0 Å². The van der Waals surface area contributed by atoms with Crippen LogP contribution in [-0.2, 0) is 19.5 Å². The van der Waals surface area contributed by atoms with Crippen LogP contribution in [0.5, 0.6) is 0 Å². The SMILES string of the molecule is CCc1nnc(CN(CC)Cc2ccsc2)o1. The van der Waals surface area contributed by atoms with Crippen LogP contribution < -0.4 is 0 Å². The fraction of sp³-hybridized carbons (Fsp3) is 0.500. The van der Waals surface area contributed by atoms with Gasteiger partial charge in [0.05, 0.1) is 6.54 Å². The highest BCUT2D eigenvalue weighted by Gasteiger charge is 2.10. The van der Waals surface area contributed by atoms with Crippen LogP contribution in [0.4, 0.5) is 0 Å². The fourth-order valence-electron chi connectivity index (χ4n) is 1.61. The molecule has 0 fully saturated rings. The molecule has 5 heteroatoms. The molecule has 2 aromatic heterocycles. The van der Waals surface area contributed by atoms with E-state index in [-0.39, 0.29) is 0 Å². The lowest BCUT2D eigenvalue weighted by molar-refractivity contribution is 0.240. The summed E-state index contributed by atoms with van der Waals surface area (Å²) >= 11 is 1.73. The molecule has 0 aromatic carbocycles. The molecule has 2 heterocycles. The molecule has 2 rings (SSSR count). The first kappa shape index (κ1) is 12.3. The first-order valence-electron chi connectivity index (χ1n) is 5.86. The number of rotatable bonds is 6. The highest BCUT2D eigenvalue weighted by atomic mass is 32.1. The summed E-state index contributed by atoms with van der Waals surface area (Å²) in [6, 6.07) is 2.15. The number of aromatic nitrogens is 2. The second-order valence-electron chi connectivity index (χ2n) is 3.88. The minimum absolute atomic E-state index is 0.707. The van der Waals surface area contributed by atoms with Gasteiger partial charge in [-0.2, -0.15) is 11.3 Å². The molecule has 4 nitrogen and oxygen atoms in total. The van der Waals surface area contributed by atoms with E-state index in [0.717, 1.165) is 26.1 Å². The standard InChI is InChI=1S/C12H17N3OS/c1-3-11-13-14-12(16-11)8-15(4-2)7-10-5-6-17-9-10/h5-6,9H,3-4,7-8H2,1-2H3. The monoisotopic (exact) mass is 251 g/mol. The topological polar surface area (TPSA) is 42.2 Å². The number of nitrogens with zero attached hydrogens (tertiary/aromatic N) is 3. The van der Waals surface area contributed by atoms with E-state index in [1.54, 1.807) is 11.3 Å². The van der Waals surface area contributed by atoms with Gasteiger partial charge in [0.2, 0.25) is 11.8 Å². The van der Waals surface area contributed by atoms with Crippen LogP contribution in [0.1, 0.15) is 31.2 Å². The van der Waals surface area contributed by atoms with Crippen molar-refractivity contribution in [2.75, 3.05) is 6.54 Å². The van der Waals surface area contributed by atoms with Crippen molar-refractivity contribution < 1.29 is 4.42 Å². The van der Waals surface area contributed by atoms with E-state index in [9.17, 15) is 0 Å². The van der Waals surface area contributed by atoms with E-state index in [1.165, 1.54) is 5.56 Å². The zero-order valence-electron chi connectivity index (χ0n) is 10.2. The van der Waals surface area contributed by atoms with Crippen LogP contribution in [-0.4, -0.2) is 21.6 Å². The smallest absolute Gasteiger partial charge is 0.230 e. The first-order chi connectivity index (χ1) is 8.31. The van der Waals surface area contributed by atoms with Gasteiger partial charge in [0.25, 0.3) is 0 Å². The van der Waals surface area contributed by atoms with Crippen LogP contribution >= 0.6 is 11.3 Å². The Labute approximate surface area is 105 Å². The molecule has 17 heavy (non-hydrogen) atoms. The molecule has 0 saturated carbocycles. The maximum atomic E-state index is 5.52. The molecule has 92 valence electrons. The molecule has 0 atom stereocenters. The quantitative estimate of drug-likeness (QED) is 0.791. The molecular weight excluding hydrogens is 234 g/mol. The minimum atomic E-state index is 0.707. The minimum Gasteiger partial charge on any atom is -0.424 e. The van der Waals surface area contributed by atoms with Gasteiger partial charge < -0.3 is 4.42 Å². The molecule has 0 spiro atoms. The van der Waals surface area contributed by atoms with Gasteiger partial charge >= 0.3 is 0 Å². The van der Waals surface area contributed by atoms with Crippen molar-refractivity contribution in [1.82, 2.24) is 15.1 Å². The molecule has 0 saturated heterocycles. The molecule has 2 aromatic rings. The maximum Gasteiger partial charge on any atom is 0.230 e. The Morgan fingerprint density at radius 2 is 2.06 bits per heavy atom. The third-order valence-corrected chi connectivity index (χ3v) is 3.34. The number of hydrogen-bond acceptors (Lipinski definition) is 5. The van der Waals surface area contributed by atoms with E-state index >= 15 is 0 Å². The van der Waals surface area contributed by atoms with Gasteiger partial charge in [-0.25, -0.2) is 0 Å². The number of aryl methyl sites for hydroxylation is 1. The summed E-state index contributed by atoms with van der Waals surface area (Å²) in [6.07, 6.45) is 0.795. The van der Waals surface area contributed by atoms with Crippen molar-refractivity contribution in [3.63, 3.8) is 0 Å². The second kappa shape index (κ2) is 5.93. The third-order valence-electron chi connectivity index (χ3n) is 2.60. The Bertz CT molecular complexity index is 438. The summed E-state index contributed by atoms with van der Waals surface area (Å²) in [6.45, 7) is 6.78. The van der Waals surface area contributed by atoms with Crippen LogP contribution in [0.15, 0.2) is 21.2 Å². The molecular formula is C12H17N3OS. The summed E-state index contributed by atoms with van der Waals surface area (Å²) in [5.74, 6) is 1.42. The molecule has 0 bridgehead atoms. The van der Waals surface area contributed by atoms with Gasteiger partial charge in [-0.15, -0.1) is 10.2 Å². The summed E-state index contributed by atoms with van der Waals surface area (Å²) in [7, 11) is 0. The Kier molecular flexibility index (Phi) is 4.28. The molecule has 0 N–H and O–H groups in total. The average molecular weight is 251 g/mol. The normalized spacial score (nSPS) is 11.2. The first-order valence-corrected chi connectivity index (χ1v) is 6.80. The Morgan fingerprint density at radius 3 is 2.65 bits per heavy atom. The molecule has 0 aliphatic heterocycles. The summed E-state index contributed by atoms with van der Waals surface area (Å²) in [5, 5.41) is 12.3. The number of hydrogen-bond donors (Lipinski definition) is 0. The third kappa shape index (κ3) is 3.38. The summed E-state index contributed by atoms with van der Waals surface area (Å²) in [5.41, 5.74) is 1.34. The lowest BCUT2D eigenvalue weighted by Gasteiger charge is -2.17. The van der Waals surface area contributed by atoms with Crippen molar-refractivity contribution in [3.8, 4) is 0 Å². The zero-order valence-corrected chi connectivity index (χ0v) is 11.0. The molecule has 0 aliphatic carbocycles. The predicted octanol–water partition coefficient (Wildman–Crippen LogP) is 2.72. The summed E-state index contributed by atoms with van der Waals surface area (Å²) < 4.78 is 5.52. The maximum absolute atomic E-state index is 5.52. The highest BCUT2D eigenvalue weighted by Crippen LogP contribution is 2.12. The molecule has 0 aliphatic rings. The lowest BCUT2D eigenvalue weighted by atomic mass is 10.3. The second-order valence-corrected chi connectivity index (χ2v) is 4.66. The largest absolute Gasteiger partial charge is 0.424 e. The Hall–Kier alpha value is -1.20. The van der Waals surface area contributed by atoms with Gasteiger partial charge in [0, 0.05) is 13.0 Å². The molecule has 0 unspecified atom stereocenters. The van der Waals surface area contributed by atoms with Gasteiger partial charge in [-0.05, 0) is 28.9 Å². The van der Waals surface area contributed by atoms with Crippen molar-refractivity contribution in [2.24, 2.45) is 0 Å². The lowest BCUT2D eigenvalue weighted by Crippen LogP contribution is -2.22. The van der Waals surface area contributed by atoms with Crippen molar-refractivity contribution in [1.29, 1.82) is 0 Å². The highest BCUT2D eigenvalue weighted by molar-refractivity contribution is 7.07. The van der Waals surface area contributed by atoms with E-state index in [0.29, 0.717) is 11.8 Å². The van der Waals surface area contributed by atoms with Gasteiger partial charge in [-0.1, -0.05) is 13.8 Å². The van der Waals surface area contributed by atoms with E-state index in [1.807, 2.05) is 6.92 Å². The fourth-order valence-corrected chi connectivity index (χ4v) is 2.27. The van der Waals surface area contributed by atoms with E-state index in [4.69, 9.17) is 4.42 Å². The summed E-state index contributed by atoms with van der Waals surface area (Å²) in [4.78, 5) is 2.29. The zero-order chi connectivity index (χ0) is 12.1. The van der Waals surface area contributed by atoms with Gasteiger partial charge in [0.1, 0.15) is 0 Å². The van der Waals surface area contributed by atoms with E-state index < -0.39 is 0 Å². The predicted molar refractivity (Wildman–Crippen MR) is 67.8 cm³/mol. The Morgan fingerprint density at radius 1 is 1.24 bits per heavy atom. The van der Waals surface area contributed by atoms with Crippen LogP contribution in [0.2, 0.25) is 0 Å².